The topological polar surface area (TPSA) is 72.5 Å². The van der Waals surface area contributed by atoms with E-state index < -0.39 is 0 Å². The predicted molar refractivity (Wildman–Crippen MR) is 47.6 cm³/mol. The molecule has 2 aliphatic rings. The summed E-state index contributed by atoms with van der Waals surface area (Å²) in [4.78, 5) is 2.77. The van der Waals surface area contributed by atoms with Crippen LogP contribution in [0, 0.1) is 22.7 Å². The molecule has 4 nitrogen and oxygen atoms in total. The molecular weight excluding hydrogens is 164 g/mol. The van der Waals surface area contributed by atoms with Gasteiger partial charge in [-0.2, -0.15) is 5.26 Å². The van der Waals surface area contributed by atoms with E-state index in [1.54, 1.807) is 0 Å². The van der Waals surface area contributed by atoms with Gasteiger partial charge in [0.2, 0.25) is 0 Å². The average molecular weight is 176 g/mol. The molecule has 68 valence electrons. The quantitative estimate of drug-likeness (QED) is 0.370. The molecule has 0 spiro atoms. The molecule has 0 aromatic rings. The van der Waals surface area contributed by atoms with E-state index in [4.69, 9.17) is 10.8 Å². The first kappa shape index (κ1) is 8.40. The third-order valence-corrected chi connectivity index (χ3v) is 3.08. The van der Waals surface area contributed by atoms with Crippen LogP contribution in [-0.2, 0) is 0 Å². The molecule has 0 aromatic carbocycles. The van der Waals surface area contributed by atoms with Crippen LogP contribution < -0.4 is 0 Å². The van der Waals surface area contributed by atoms with Gasteiger partial charge in [0, 0.05) is 11.0 Å². The van der Waals surface area contributed by atoms with Crippen LogP contribution in [0.4, 0.5) is 0 Å². The summed E-state index contributed by atoms with van der Waals surface area (Å²) in [5, 5.41) is 12.6. The largest absolute Gasteiger partial charge is 0.198 e. The van der Waals surface area contributed by atoms with Crippen LogP contribution in [-0.4, -0.2) is 6.04 Å². The Morgan fingerprint density at radius 3 is 2.69 bits per heavy atom. The lowest BCUT2D eigenvalue weighted by Crippen LogP contribution is -2.38. The number of rotatable bonds is 3. The summed E-state index contributed by atoms with van der Waals surface area (Å²) in [6.45, 7) is 0. The lowest BCUT2D eigenvalue weighted by Gasteiger charge is -2.40. The highest BCUT2D eigenvalue weighted by Crippen LogP contribution is 2.51. The zero-order chi connectivity index (χ0) is 9.31. The van der Waals surface area contributed by atoms with Crippen LogP contribution in [0.25, 0.3) is 10.4 Å². The Morgan fingerprint density at radius 1 is 1.54 bits per heavy atom. The Kier molecular flexibility index (Phi) is 1.90. The summed E-state index contributed by atoms with van der Waals surface area (Å²) in [5.74, 6) is 0.784. The lowest BCUT2D eigenvalue weighted by molar-refractivity contribution is 0.154. The predicted octanol–water partition coefficient (Wildman–Crippen LogP) is 2.77. The van der Waals surface area contributed by atoms with Crippen molar-refractivity contribution in [3.63, 3.8) is 0 Å². The number of nitrogens with zero attached hydrogens (tertiary/aromatic N) is 4. The minimum atomic E-state index is -0.139. The van der Waals surface area contributed by atoms with E-state index in [1.165, 1.54) is 12.8 Å². The van der Waals surface area contributed by atoms with E-state index in [9.17, 15) is 0 Å². The van der Waals surface area contributed by atoms with Gasteiger partial charge in [-0.3, -0.25) is 0 Å². The second kappa shape index (κ2) is 2.93. The lowest BCUT2D eigenvalue weighted by atomic mass is 9.64. The van der Waals surface area contributed by atoms with Crippen molar-refractivity contribution in [3.05, 3.63) is 10.4 Å². The van der Waals surface area contributed by atoms with E-state index >= 15 is 0 Å². The van der Waals surface area contributed by atoms with Crippen molar-refractivity contribution in [2.75, 3.05) is 0 Å². The van der Waals surface area contributed by atoms with E-state index in [0.29, 0.717) is 0 Å². The number of nitriles is 1. The molecule has 4 heteroatoms. The molecule has 0 unspecified atom stereocenters. The van der Waals surface area contributed by atoms with Crippen molar-refractivity contribution in [2.24, 2.45) is 16.4 Å². The van der Waals surface area contributed by atoms with Gasteiger partial charge in [-0.05, 0) is 30.7 Å². The first-order chi connectivity index (χ1) is 6.28. The van der Waals surface area contributed by atoms with Crippen molar-refractivity contribution in [3.8, 4) is 6.07 Å². The van der Waals surface area contributed by atoms with Crippen LogP contribution in [0.2, 0.25) is 0 Å². The zero-order valence-electron chi connectivity index (χ0n) is 7.48. The van der Waals surface area contributed by atoms with E-state index in [0.717, 1.165) is 25.2 Å². The summed E-state index contributed by atoms with van der Waals surface area (Å²) in [6.07, 6.45) is 5.17. The van der Waals surface area contributed by atoms with Crippen molar-refractivity contribution in [1.82, 2.24) is 0 Å². The molecule has 0 amide bonds. The van der Waals surface area contributed by atoms with Crippen LogP contribution >= 0.6 is 0 Å². The van der Waals surface area contributed by atoms with Gasteiger partial charge in [-0.15, -0.1) is 0 Å². The van der Waals surface area contributed by atoms with Crippen LogP contribution in [0.3, 0.4) is 0 Å². The molecule has 0 aliphatic heterocycles. The Morgan fingerprint density at radius 2 is 2.23 bits per heavy atom. The fourth-order valence-corrected chi connectivity index (χ4v) is 2.18. The minimum Gasteiger partial charge on any atom is -0.198 e. The van der Waals surface area contributed by atoms with Crippen LogP contribution in [0.1, 0.15) is 32.1 Å². The minimum absolute atomic E-state index is 0.0865. The summed E-state index contributed by atoms with van der Waals surface area (Å²) < 4.78 is 0. The summed E-state index contributed by atoms with van der Waals surface area (Å²) in [7, 11) is 0. The van der Waals surface area contributed by atoms with Crippen molar-refractivity contribution in [1.29, 1.82) is 5.26 Å². The van der Waals surface area contributed by atoms with Crippen molar-refractivity contribution >= 4 is 0 Å². The third kappa shape index (κ3) is 1.61. The highest BCUT2D eigenvalue weighted by Gasteiger charge is 2.47. The molecule has 2 fully saturated rings. The van der Waals surface area contributed by atoms with Gasteiger partial charge in [-0.25, -0.2) is 0 Å². The Labute approximate surface area is 77.2 Å². The molecule has 0 N–H and O–H groups in total. The molecule has 0 aromatic heterocycles. The van der Waals surface area contributed by atoms with Crippen molar-refractivity contribution in [2.45, 2.75) is 38.1 Å². The smallest absolute Gasteiger partial charge is 0.0690 e. The first-order valence-electron chi connectivity index (χ1n) is 4.73. The van der Waals surface area contributed by atoms with Crippen molar-refractivity contribution < 1.29 is 0 Å². The van der Waals surface area contributed by atoms with E-state index in [1.807, 2.05) is 0 Å². The molecule has 2 aliphatic carbocycles. The van der Waals surface area contributed by atoms with Gasteiger partial charge in [0.15, 0.2) is 0 Å². The fourth-order valence-electron chi connectivity index (χ4n) is 2.18. The molecule has 2 rings (SSSR count). The van der Waals surface area contributed by atoms with E-state index in [2.05, 4.69) is 16.1 Å². The monoisotopic (exact) mass is 176 g/mol. The second-order valence-electron chi connectivity index (χ2n) is 4.31. The summed E-state index contributed by atoms with van der Waals surface area (Å²) in [5.41, 5.74) is 8.08. The average Bonchev–Trinajstić information content (AvgIpc) is 2.84. The summed E-state index contributed by atoms with van der Waals surface area (Å²) in [6, 6.07) is 2.48. The summed E-state index contributed by atoms with van der Waals surface area (Å²) >= 11 is 0. The number of azide groups is 1. The normalized spacial score (nSPS) is 37.0. The highest BCUT2D eigenvalue weighted by molar-refractivity contribution is 5.12. The van der Waals surface area contributed by atoms with Gasteiger partial charge in [0.05, 0.1) is 11.5 Å². The van der Waals surface area contributed by atoms with Gasteiger partial charge in [-0.1, -0.05) is 18.0 Å². The molecule has 0 atom stereocenters. The molecular formula is C9H12N4. The van der Waals surface area contributed by atoms with Crippen LogP contribution in [0.15, 0.2) is 5.11 Å². The SMILES string of the molecule is N#CC1(CC2CC2)CC(N=[N+]=[N-])C1. The molecule has 0 bridgehead atoms. The highest BCUT2D eigenvalue weighted by atomic mass is 15.2. The number of hydrogen-bond acceptors (Lipinski definition) is 2. The second-order valence-corrected chi connectivity index (χ2v) is 4.31. The standard InChI is InChI=1S/C9H12N4/c10-6-9(3-7-1-2-7)4-8(5-9)12-13-11/h7-8H,1-5H2. The maximum Gasteiger partial charge on any atom is 0.0690 e. The Balaban J connectivity index is 1.90. The maximum atomic E-state index is 9.01. The molecule has 0 radical (unpaired) electrons. The molecule has 13 heavy (non-hydrogen) atoms. The van der Waals surface area contributed by atoms with Gasteiger partial charge in [0.25, 0.3) is 0 Å². The van der Waals surface area contributed by atoms with Crippen LogP contribution in [0.5, 0.6) is 0 Å². The fraction of sp³-hybridized carbons (Fsp3) is 0.889. The maximum absolute atomic E-state index is 9.01. The number of hydrogen-bond donors (Lipinski definition) is 0. The molecule has 0 heterocycles. The van der Waals surface area contributed by atoms with E-state index in [-0.39, 0.29) is 11.5 Å². The van der Waals surface area contributed by atoms with Gasteiger partial charge < -0.3 is 0 Å². The zero-order valence-corrected chi connectivity index (χ0v) is 7.48. The molecule has 2 saturated carbocycles. The van der Waals surface area contributed by atoms with Gasteiger partial charge >= 0.3 is 0 Å². The Hall–Kier alpha value is -1.20. The molecule has 0 saturated heterocycles. The van der Waals surface area contributed by atoms with Gasteiger partial charge in [0.1, 0.15) is 0 Å². The Bertz CT molecular complexity index is 287. The third-order valence-electron chi connectivity index (χ3n) is 3.08. The first-order valence-corrected chi connectivity index (χ1v) is 4.73.